The van der Waals surface area contributed by atoms with Gasteiger partial charge in [-0.25, -0.2) is 8.78 Å². The van der Waals surface area contributed by atoms with Gasteiger partial charge in [-0.3, -0.25) is 0 Å². The van der Waals surface area contributed by atoms with E-state index in [0.29, 0.717) is 5.69 Å². The maximum Gasteiger partial charge on any atom is 0.259 e. The predicted molar refractivity (Wildman–Crippen MR) is 45.6 cm³/mol. The van der Waals surface area contributed by atoms with Crippen LogP contribution < -0.4 is 5.73 Å². The molecule has 1 rings (SSSR count). The Morgan fingerprint density at radius 1 is 1.50 bits per heavy atom. The van der Waals surface area contributed by atoms with E-state index in [1.807, 2.05) is 0 Å². The van der Waals surface area contributed by atoms with Crippen LogP contribution in [0, 0.1) is 0 Å². The molecule has 0 fully saturated rings. The molecule has 0 unspecified atom stereocenters. The van der Waals surface area contributed by atoms with Crippen molar-refractivity contribution in [3.05, 3.63) is 24.0 Å². The van der Waals surface area contributed by atoms with Crippen molar-refractivity contribution < 1.29 is 8.78 Å². The van der Waals surface area contributed by atoms with Crippen LogP contribution in [0.3, 0.4) is 0 Å². The van der Waals surface area contributed by atoms with Gasteiger partial charge in [0.2, 0.25) is 0 Å². The van der Waals surface area contributed by atoms with E-state index in [0.717, 1.165) is 0 Å². The Kier molecular flexibility index (Phi) is 4.20. The van der Waals surface area contributed by atoms with Gasteiger partial charge in [0.25, 0.3) is 6.43 Å². The monoisotopic (exact) mass is 196 g/mol. The first kappa shape index (κ1) is 11.4. The highest BCUT2D eigenvalue weighted by Crippen LogP contribution is 2.16. The van der Waals surface area contributed by atoms with Crippen molar-refractivity contribution in [2.24, 2.45) is 12.8 Å². The lowest BCUT2D eigenvalue weighted by Crippen LogP contribution is -2.21. The van der Waals surface area contributed by atoms with Gasteiger partial charge in [-0.05, 0) is 12.1 Å². The lowest BCUT2D eigenvalue weighted by Gasteiger charge is -2.10. The van der Waals surface area contributed by atoms with Gasteiger partial charge in [0.05, 0.1) is 0 Å². The summed E-state index contributed by atoms with van der Waals surface area (Å²) < 4.78 is 25.7. The zero-order valence-corrected chi connectivity index (χ0v) is 7.39. The van der Waals surface area contributed by atoms with Crippen LogP contribution in [0.25, 0.3) is 0 Å². The van der Waals surface area contributed by atoms with Crippen molar-refractivity contribution in [3.63, 3.8) is 0 Å². The van der Waals surface area contributed by atoms with Gasteiger partial charge in [-0.15, -0.1) is 12.4 Å². The first-order valence-electron chi connectivity index (χ1n) is 3.28. The van der Waals surface area contributed by atoms with Crippen LogP contribution in [-0.2, 0) is 7.05 Å². The zero-order valence-electron chi connectivity index (χ0n) is 6.58. The van der Waals surface area contributed by atoms with E-state index < -0.39 is 12.5 Å². The third kappa shape index (κ3) is 2.19. The Labute approximate surface area is 75.8 Å². The number of aryl methyl sites for hydroxylation is 1. The third-order valence-corrected chi connectivity index (χ3v) is 1.60. The van der Waals surface area contributed by atoms with Crippen molar-refractivity contribution in [1.29, 1.82) is 0 Å². The Hall–Kier alpha value is -0.610. The quantitative estimate of drug-likeness (QED) is 0.767. The Morgan fingerprint density at radius 3 is 2.42 bits per heavy atom. The fraction of sp³-hybridized carbons (Fsp3) is 0.429. The van der Waals surface area contributed by atoms with Gasteiger partial charge in [-0.2, -0.15) is 0 Å². The lowest BCUT2D eigenvalue weighted by atomic mass is 10.2. The minimum absolute atomic E-state index is 0. The molecule has 1 heterocycles. The van der Waals surface area contributed by atoms with Crippen LogP contribution in [-0.4, -0.2) is 11.0 Å². The number of nitrogens with two attached hydrogens (primary N) is 1. The van der Waals surface area contributed by atoms with Crippen molar-refractivity contribution in [3.8, 4) is 0 Å². The van der Waals surface area contributed by atoms with Crippen molar-refractivity contribution in [1.82, 2.24) is 4.57 Å². The Morgan fingerprint density at radius 2 is 2.08 bits per heavy atom. The van der Waals surface area contributed by atoms with Gasteiger partial charge in [-0.1, -0.05) is 0 Å². The number of alkyl halides is 2. The SMILES string of the molecule is Cl.Cn1cccc1[C@@H](N)C(F)F. The topological polar surface area (TPSA) is 30.9 Å². The van der Waals surface area contributed by atoms with Crippen molar-refractivity contribution in [2.75, 3.05) is 0 Å². The second-order valence-corrected chi connectivity index (χ2v) is 2.40. The normalized spacial score (nSPS) is 12.8. The summed E-state index contributed by atoms with van der Waals surface area (Å²) in [5, 5.41) is 0. The van der Waals surface area contributed by atoms with Gasteiger partial charge >= 0.3 is 0 Å². The highest BCUT2D eigenvalue weighted by Gasteiger charge is 2.18. The second-order valence-electron chi connectivity index (χ2n) is 2.40. The van der Waals surface area contributed by atoms with Gasteiger partial charge < -0.3 is 10.3 Å². The molecule has 0 aliphatic carbocycles. The summed E-state index contributed by atoms with van der Waals surface area (Å²) in [6.07, 6.45) is -0.805. The molecule has 0 aromatic carbocycles. The summed E-state index contributed by atoms with van der Waals surface area (Å²) in [5.41, 5.74) is 5.67. The average molecular weight is 197 g/mol. The molecular weight excluding hydrogens is 186 g/mol. The molecule has 0 spiro atoms. The molecule has 0 amide bonds. The molecule has 0 saturated heterocycles. The molecule has 0 aliphatic rings. The van der Waals surface area contributed by atoms with E-state index in [1.54, 1.807) is 29.9 Å². The fourth-order valence-electron chi connectivity index (χ4n) is 0.950. The van der Waals surface area contributed by atoms with E-state index in [-0.39, 0.29) is 12.4 Å². The number of nitrogens with zero attached hydrogens (tertiary/aromatic N) is 1. The summed E-state index contributed by atoms with van der Waals surface area (Å²) in [6, 6.07) is 2.11. The number of rotatable bonds is 2. The lowest BCUT2D eigenvalue weighted by molar-refractivity contribution is 0.113. The molecule has 0 aliphatic heterocycles. The van der Waals surface area contributed by atoms with Crippen LogP contribution in [0.2, 0.25) is 0 Å². The summed E-state index contributed by atoms with van der Waals surface area (Å²) in [7, 11) is 1.69. The molecule has 70 valence electrons. The standard InChI is InChI=1S/C7H10F2N2.ClH/c1-11-4-2-3-5(11)6(10)7(8)9;/h2-4,6-7H,10H2,1H3;1H/t6-;/m1./s1. The number of aromatic nitrogens is 1. The van der Waals surface area contributed by atoms with Crippen molar-refractivity contribution >= 4 is 12.4 Å². The summed E-state index contributed by atoms with van der Waals surface area (Å²) in [4.78, 5) is 0. The van der Waals surface area contributed by atoms with E-state index in [4.69, 9.17) is 5.73 Å². The molecule has 1 aromatic heterocycles. The van der Waals surface area contributed by atoms with E-state index >= 15 is 0 Å². The van der Waals surface area contributed by atoms with Crippen LogP contribution in [0.15, 0.2) is 18.3 Å². The van der Waals surface area contributed by atoms with Crippen LogP contribution in [0.4, 0.5) is 8.78 Å². The molecular formula is C7H11ClF2N2. The molecule has 0 bridgehead atoms. The zero-order chi connectivity index (χ0) is 8.43. The second kappa shape index (κ2) is 4.42. The first-order valence-corrected chi connectivity index (χ1v) is 3.28. The maximum atomic E-state index is 12.0. The van der Waals surface area contributed by atoms with Crippen LogP contribution >= 0.6 is 12.4 Å². The average Bonchev–Trinajstić information content (AvgIpc) is 2.33. The smallest absolute Gasteiger partial charge is 0.259 e. The fourth-order valence-corrected chi connectivity index (χ4v) is 0.950. The highest BCUT2D eigenvalue weighted by molar-refractivity contribution is 5.85. The summed E-state index contributed by atoms with van der Waals surface area (Å²) in [6.45, 7) is 0. The molecule has 0 radical (unpaired) electrons. The van der Waals surface area contributed by atoms with E-state index in [1.165, 1.54) is 0 Å². The molecule has 1 aromatic rings. The molecule has 12 heavy (non-hydrogen) atoms. The van der Waals surface area contributed by atoms with E-state index in [2.05, 4.69) is 0 Å². The number of hydrogen-bond acceptors (Lipinski definition) is 1. The largest absolute Gasteiger partial charge is 0.353 e. The van der Waals surface area contributed by atoms with Gasteiger partial charge in [0.1, 0.15) is 6.04 Å². The summed E-state index contributed by atoms with van der Waals surface area (Å²) >= 11 is 0. The molecule has 2 nitrogen and oxygen atoms in total. The molecule has 2 N–H and O–H groups in total. The third-order valence-electron chi connectivity index (χ3n) is 1.60. The van der Waals surface area contributed by atoms with Gasteiger partial charge in [0.15, 0.2) is 0 Å². The predicted octanol–water partition coefficient (Wildman–Crippen LogP) is 1.71. The minimum atomic E-state index is -2.50. The maximum absolute atomic E-state index is 12.0. The Balaban J connectivity index is 0.00000121. The van der Waals surface area contributed by atoms with Gasteiger partial charge in [0, 0.05) is 18.9 Å². The molecule has 1 atom stereocenters. The Bertz CT molecular complexity index is 237. The van der Waals surface area contributed by atoms with Crippen LogP contribution in [0.5, 0.6) is 0 Å². The highest BCUT2D eigenvalue weighted by atomic mass is 35.5. The number of hydrogen-bond donors (Lipinski definition) is 1. The molecule has 5 heteroatoms. The minimum Gasteiger partial charge on any atom is -0.353 e. The van der Waals surface area contributed by atoms with E-state index in [9.17, 15) is 8.78 Å². The van der Waals surface area contributed by atoms with Crippen molar-refractivity contribution in [2.45, 2.75) is 12.5 Å². The number of halogens is 3. The van der Waals surface area contributed by atoms with Crippen LogP contribution in [0.1, 0.15) is 11.7 Å². The summed E-state index contributed by atoms with van der Waals surface area (Å²) in [5.74, 6) is 0. The molecule has 0 saturated carbocycles. The first-order chi connectivity index (χ1) is 5.13.